The largest absolute Gasteiger partial charge is 0.443 e. The van der Waals surface area contributed by atoms with E-state index in [0.717, 1.165) is 17.3 Å². The van der Waals surface area contributed by atoms with Gasteiger partial charge in [0.15, 0.2) is 0 Å². The molecule has 0 radical (unpaired) electrons. The highest BCUT2D eigenvalue weighted by Crippen LogP contribution is 2.31. The van der Waals surface area contributed by atoms with Gasteiger partial charge in [0, 0.05) is 18.4 Å². The molecule has 0 bridgehead atoms. The molecule has 5 nitrogen and oxygen atoms in total. The monoisotopic (exact) mass is 313 g/mol. The zero-order chi connectivity index (χ0) is 13.3. The average Bonchev–Trinajstić information content (AvgIpc) is 3.03. The van der Waals surface area contributed by atoms with Crippen molar-refractivity contribution >= 4 is 28.0 Å². The number of rotatable bonds is 2. The molecule has 0 saturated heterocycles. The van der Waals surface area contributed by atoms with Crippen LogP contribution in [0.25, 0.3) is 0 Å². The van der Waals surface area contributed by atoms with E-state index in [0.29, 0.717) is 5.95 Å². The van der Waals surface area contributed by atoms with Crippen molar-refractivity contribution in [3.05, 3.63) is 16.9 Å². The second kappa shape index (κ2) is 4.84. The molecule has 0 atom stereocenters. The zero-order valence-electron chi connectivity index (χ0n) is 10.7. The van der Waals surface area contributed by atoms with Crippen molar-refractivity contribution in [3.8, 4) is 0 Å². The summed E-state index contributed by atoms with van der Waals surface area (Å²) in [5.74, 6) is 0.398. The molecule has 6 heteroatoms. The number of ether oxygens (including phenoxy) is 1. The van der Waals surface area contributed by atoms with Crippen molar-refractivity contribution in [1.82, 2.24) is 9.97 Å². The van der Waals surface area contributed by atoms with Gasteiger partial charge in [-0.25, -0.2) is 19.7 Å². The van der Waals surface area contributed by atoms with Gasteiger partial charge in [-0.2, -0.15) is 0 Å². The van der Waals surface area contributed by atoms with Crippen LogP contribution in [0.15, 0.2) is 16.9 Å². The van der Waals surface area contributed by atoms with Crippen molar-refractivity contribution in [2.24, 2.45) is 0 Å². The quantitative estimate of drug-likeness (QED) is 0.841. The Morgan fingerprint density at radius 3 is 2.39 bits per heavy atom. The van der Waals surface area contributed by atoms with E-state index < -0.39 is 5.60 Å². The van der Waals surface area contributed by atoms with Crippen LogP contribution >= 0.6 is 15.9 Å². The molecule has 0 aliphatic heterocycles. The van der Waals surface area contributed by atoms with Crippen LogP contribution in [0.2, 0.25) is 0 Å². The van der Waals surface area contributed by atoms with Gasteiger partial charge in [0.05, 0.1) is 4.47 Å². The van der Waals surface area contributed by atoms with E-state index >= 15 is 0 Å². The minimum absolute atomic E-state index is 0.168. The van der Waals surface area contributed by atoms with E-state index in [2.05, 4.69) is 25.9 Å². The van der Waals surface area contributed by atoms with Gasteiger partial charge in [-0.3, -0.25) is 0 Å². The number of amides is 1. The number of hydrogen-bond acceptors (Lipinski definition) is 4. The topological polar surface area (TPSA) is 55.3 Å². The van der Waals surface area contributed by atoms with E-state index in [4.69, 9.17) is 4.74 Å². The molecule has 2 rings (SSSR count). The first-order chi connectivity index (χ1) is 8.37. The summed E-state index contributed by atoms with van der Waals surface area (Å²) in [5, 5.41) is 0. The standard InChI is InChI=1S/C12H16BrN3O2/c1-12(2,3)18-11(17)16(9-4-5-9)10-14-6-8(13)7-15-10/h6-7,9H,4-5H2,1-3H3. The van der Waals surface area contributed by atoms with Gasteiger partial charge in [-0.05, 0) is 49.5 Å². The third-order valence-corrected chi connectivity index (χ3v) is 2.73. The predicted molar refractivity (Wildman–Crippen MR) is 71.5 cm³/mol. The second-order valence-corrected chi connectivity index (χ2v) is 6.20. The fourth-order valence-corrected chi connectivity index (χ4v) is 1.67. The molecule has 98 valence electrons. The van der Waals surface area contributed by atoms with Crippen molar-refractivity contribution in [2.75, 3.05) is 4.90 Å². The first-order valence-electron chi connectivity index (χ1n) is 5.86. The number of halogens is 1. The highest BCUT2D eigenvalue weighted by molar-refractivity contribution is 9.10. The summed E-state index contributed by atoms with van der Waals surface area (Å²) in [4.78, 5) is 22.0. The third-order valence-electron chi connectivity index (χ3n) is 2.32. The molecule has 1 aliphatic rings. The summed E-state index contributed by atoms with van der Waals surface area (Å²) in [6.45, 7) is 5.54. The summed E-state index contributed by atoms with van der Waals surface area (Å²) in [6, 6.07) is 0.168. The van der Waals surface area contributed by atoms with Gasteiger partial charge >= 0.3 is 6.09 Å². The lowest BCUT2D eigenvalue weighted by Gasteiger charge is -2.25. The molecule has 1 aromatic rings. The fraction of sp³-hybridized carbons (Fsp3) is 0.583. The van der Waals surface area contributed by atoms with Gasteiger partial charge in [-0.1, -0.05) is 0 Å². The molecular weight excluding hydrogens is 298 g/mol. The van der Waals surface area contributed by atoms with Crippen LogP contribution in [-0.4, -0.2) is 27.7 Å². The molecule has 0 aromatic carbocycles. The number of carbonyl (C=O) groups excluding carboxylic acids is 1. The van der Waals surface area contributed by atoms with Crippen LogP contribution in [0, 0.1) is 0 Å². The first-order valence-corrected chi connectivity index (χ1v) is 6.66. The highest BCUT2D eigenvalue weighted by atomic mass is 79.9. The zero-order valence-corrected chi connectivity index (χ0v) is 12.3. The first kappa shape index (κ1) is 13.3. The second-order valence-electron chi connectivity index (χ2n) is 5.28. The number of carbonyl (C=O) groups is 1. The van der Waals surface area contributed by atoms with Gasteiger partial charge in [0.1, 0.15) is 5.60 Å². The van der Waals surface area contributed by atoms with Crippen LogP contribution in [0.3, 0.4) is 0 Å². The van der Waals surface area contributed by atoms with E-state index in [9.17, 15) is 4.79 Å². The number of nitrogens with zero attached hydrogens (tertiary/aromatic N) is 3. The SMILES string of the molecule is CC(C)(C)OC(=O)N(c1ncc(Br)cn1)C1CC1. The Morgan fingerprint density at radius 2 is 1.94 bits per heavy atom. The van der Waals surface area contributed by atoms with Crippen LogP contribution in [0.1, 0.15) is 33.6 Å². The highest BCUT2D eigenvalue weighted by Gasteiger charge is 2.37. The molecule has 1 amide bonds. The van der Waals surface area contributed by atoms with E-state index in [1.165, 1.54) is 4.90 Å². The molecular formula is C12H16BrN3O2. The summed E-state index contributed by atoms with van der Waals surface area (Å²) in [6.07, 6.45) is 4.81. The van der Waals surface area contributed by atoms with Gasteiger partial charge in [-0.15, -0.1) is 0 Å². The van der Waals surface area contributed by atoms with E-state index in [1.54, 1.807) is 12.4 Å². The summed E-state index contributed by atoms with van der Waals surface area (Å²) in [7, 11) is 0. The average molecular weight is 314 g/mol. The van der Waals surface area contributed by atoms with Crippen LogP contribution in [0.5, 0.6) is 0 Å². The number of aromatic nitrogens is 2. The molecule has 1 aromatic heterocycles. The van der Waals surface area contributed by atoms with Gasteiger partial charge < -0.3 is 4.74 Å². The van der Waals surface area contributed by atoms with Crippen molar-refractivity contribution in [3.63, 3.8) is 0 Å². The lowest BCUT2D eigenvalue weighted by atomic mass is 10.2. The van der Waals surface area contributed by atoms with Crippen LogP contribution in [-0.2, 0) is 4.74 Å². The van der Waals surface area contributed by atoms with E-state index in [1.807, 2.05) is 20.8 Å². The number of anilines is 1. The van der Waals surface area contributed by atoms with Crippen LogP contribution < -0.4 is 4.90 Å². The lowest BCUT2D eigenvalue weighted by Crippen LogP contribution is -2.39. The Bertz CT molecular complexity index is 438. The Morgan fingerprint density at radius 1 is 1.39 bits per heavy atom. The smallest absolute Gasteiger partial charge is 0.417 e. The van der Waals surface area contributed by atoms with Gasteiger partial charge in [0.2, 0.25) is 5.95 Å². The Hall–Kier alpha value is -1.17. The molecule has 0 unspecified atom stereocenters. The maximum absolute atomic E-state index is 12.1. The molecule has 1 saturated carbocycles. The predicted octanol–water partition coefficient (Wildman–Crippen LogP) is 3.14. The Balaban J connectivity index is 2.18. The van der Waals surface area contributed by atoms with Gasteiger partial charge in [0.25, 0.3) is 0 Å². The molecule has 1 heterocycles. The summed E-state index contributed by atoms with van der Waals surface area (Å²) in [5.41, 5.74) is -0.514. The summed E-state index contributed by atoms with van der Waals surface area (Å²) < 4.78 is 6.16. The van der Waals surface area contributed by atoms with Crippen molar-refractivity contribution < 1.29 is 9.53 Å². The number of hydrogen-bond donors (Lipinski definition) is 0. The van der Waals surface area contributed by atoms with Crippen molar-refractivity contribution in [2.45, 2.75) is 45.3 Å². The third kappa shape index (κ3) is 3.41. The molecule has 1 aliphatic carbocycles. The fourth-order valence-electron chi connectivity index (χ4n) is 1.47. The van der Waals surface area contributed by atoms with Crippen molar-refractivity contribution in [1.29, 1.82) is 0 Å². The normalized spacial score (nSPS) is 15.3. The summed E-state index contributed by atoms with van der Waals surface area (Å²) >= 11 is 3.27. The molecule has 1 fully saturated rings. The maximum atomic E-state index is 12.1. The Labute approximate surface area is 115 Å². The molecule has 0 spiro atoms. The molecule has 0 N–H and O–H groups in total. The molecule has 18 heavy (non-hydrogen) atoms. The Kier molecular flexibility index (Phi) is 3.56. The maximum Gasteiger partial charge on any atom is 0.417 e. The van der Waals surface area contributed by atoms with Crippen LogP contribution in [0.4, 0.5) is 10.7 Å². The van der Waals surface area contributed by atoms with E-state index in [-0.39, 0.29) is 12.1 Å². The minimum Gasteiger partial charge on any atom is -0.443 e. The lowest BCUT2D eigenvalue weighted by molar-refractivity contribution is 0.0575. The minimum atomic E-state index is -0.514.